The molecule has 1 aromatic carbocycles. The summed E-state index contributed by atoms with van der Waals surface area (Å²) in [6.07, 6.45) is 0. The second-order valence-electron chi connectivity index (χ2n) is 4.31. The van der Waals surface area contributed by atoms with Crippen molar-refractivity contribution < 1.29 is 14.8 Å². The van der Waals surface area contributed by atoms with Crippen molar-refractivity contribution in [2.24, 2.45) is 5.92 Å². The Balaban J connectivity index is 3.08. The average Bonchev–Trinajstić information content (AvgIpc) is 2.28. The first kappa shape index (κ1) is 14.5. The number of hydrogen-bond acceptors (Lipinski definition) is 4. The number of hydrogen-bond donors (Lipinski definition) is 1. The summed E-state index contributed by atoms with van der Waals surface area (Å²) in [5, 5.41) is 20.0. The molecule has 0 fully saturated rings. The monoisotopic (exact) mass is 269 g/mol. The summed E-state index contributed by atoms with van der Waals surface area (Å²) < 4.78 is 0. The first-order valence-corrected chi connectivity index (χ1v) is 6.39. The van der Waals surface area contributed by atoms with E-state index in [9.17, 15) is 14.9 Å². The topological polar surface area (TPSA) is 80.4 Å². The molecular weight excluding hydrogens is 254 g/mol. The molecule has 1 N–H and O–H groups in total. The average molecular weight is 269 g/mol. The van der Waals surface area contributed by atoms with Gasteiger partial charge in [-0.3, -0.25) is 10.1 Å². The lowest BCUT2D eigenvalue weighted by Crippen LogP contribution is -2.06. The van der Waals surface area contributed by atoms with Gasteiger partial charge in [0.2, 0.25) is 0 Å². The highest BCUT2D eigenvalue weighted by Gasteiger charge is 2.21. The molecule has 0 amide bonds. The van der Waals surface area contributed by atoms with Gasteiger partial charge in [-0.05, 0) is 18.1 Å². The van der Waals surface area contributed by atoms with Crippen molar-refractivity contribution in [1.82, 2.24) is 0 Å². The summed E-state index contributed by atoms with van der Waals surface area (Å²) in [6, 6.07) is 4.23. The van der Waals surface area contributed by atoms with Crippen molar-refractivity contribution in [3.05, 3.63) is 33.9 Å². The molecule has 1 atom stereocenters. The van der Waals surface area contributed by atoms with Gasteiger partial charge in [0.15, 0.2) is 0 Å². The second kappa shape index (κ2) is 5.86. The van der Waals surface area contributed by atoms with Crippen LogP contribution in [0.4, 0.5) is 5.69 Å². The van der Waals surface area contributed by atoms with Crippen LogP contribution in [0.15, 0.2) is 23.1 Å². The Bertz CT molecular complexity index is 473. The van der Waals surface area contributed by atoms with Crippen molar-refractivity contribution in [2.75, 3.05) is 0 Å². The number of benzene rings is 1. The molecule has 0 saturated carbocycles. The largest absolute Gasteiger partial charge is 0.477 e. The van der Waals surface area contributed by atoms with E-state index in [4.69, 9.17) is 5.11 Å². The lowest BCUT2D eigenvalue weighted by Gasteiger charge is -2.14. The number of thioether (sulfide) groups is 1. The van der Waals surface area contributed by atoms with Crippen LogP contribution in [-0.4, -0.2) is 21.2 Å². The zero-order valence-electron chi connectivity index (χ0n) is 10.4. The molecule has 0 aliphatic heterocycles. The highest BCUT2D eigenvalue weighted by atomic mass is 32.2. The van der Waals surface area contributed by atoms with E-state index in [1.54, 1.807) is 6.07 Å². The molecule has 6 heteroatoms. The van der Waals surface area contributed by atoms with E-state index in [0.29, 0.717) is 16.1 Å². The molecule has 0 aliphatic carbocycles. The van der Waals surface area contributed by atoms with Crippen LogP contribution in [0.3, 0.4) is 0 Å². The first-order chi connectivity index (χ1) is 8.32. The van der Waals surface area contributed by atoms with Crippen LogP contribution in [0.1, 0.15) is 31.1 Å². The Labute approximate surface area is 109 Å². The fourth-order valence-corrected chi connectivity index (χ4v) is 2.30. The van der Waals surface area contributed by atoms with Crippen LogP contribution in [0, 0.1) is 16.0 Å². The molecule has 1 unspecified atom stereocenters. The Morgan fingerprint density at radius 1 is 1.39 bits per heavy atom. The molecule has 1 rings (SSSR count). The van der Waals surface area contributed by atoms with Crippen LogP contribution in [0.25, 0.3) is 0 Å². The third-order valence-electron chi connectivity index (χ3n) is 2.66. The van der Waals surface area contributed by atoms with Crippen molar-refractivity contribution in [1.29, 1.82) is 0 Å². The number of nitro benzene ring substituents is 1. The summed E-state index contributed by atoms with van der Waals surface area (Å²) in [7, 11) is 0. The molecule has 0 bridgehead atoms. The van der Waals surface area contributed by atoms with Crippen LogP contribution in [0.5, 0.6) is 0 Å². The number of carboxylic acid groups (broad SMARTS) is 1. The third kappa shape index (κ3) is 3.46. The van der Waals surface area contributed by atoms with Crippen molar-refractivity contribution >= 4 is 23.4 Å². The smallest absolute Gasteiger partial charge is 0.342 e. The Kier molecular flexibility index (Phi) is 4.72. The molecule has 18 heavy (non-hydrogen) atoms. The third-order valence-corrected chi connectivity index (χ3v) is 4.10. The van der Waals surface area contributed by atoms with Gasteiger partial charge >= 0.3 is 5.97 Å². The predicted octanol–water partition coefficient (Wildman–Crippen LogP) is 3.43. The molecule has 0 saturated heterocycles. The number of nitro groups is 1. The minimum atomic E-state index is -1.28. The zero-order chi connectivity index (χ0) is 13.9. The summed E-state index contributed by atoms with van der Waals surface area (Å²) in [4.78, 5) is 21.7. The maximum absolute atomic E-state index is 10.9. The standard InChI is InChI=1S/C12H15NO4S/c1-7(2)8(3)18-9-4-5-10(12(14)15)11(6-9)13(16)17/h4-8H,1-3H3,(H,14,15). The molecule has 0 spiro atoms. The molecule has 0 radical (unpaired) electrons. The first-order valence-electron chi connectivity index (χ1n) is 5.51. The van der Waals surface area contributed by atoms with Crippen LogP contribution in [-0.2, 0) is 0 Å². The van der Waals surface area contributed by atoms with E-state index < -0.39 is 10.9 Å². The minimum Gasteiger partial charge on any atom is -0.477 e. The number of carbonyl (C=O) groups is 1. The molecule has 1 aromatic rings. The van der Waals surface area contributed by atoms with Gasteiger partial charge in [0.05, 0.1) is 4.92 Å². The van der Waals surface area contributed by atoms with Crippen LogP contribution in [0.2, 0.25) is 0 Å². The summed E-state index contributed by atoms with van der Waals surface area (Å²) >= 11 is 1.51. The molecule has 98 valence electrons. The van der Waals surface area contributed by atoms with Gasteiger partial charge in [-0.2, -0.15) is 0 Å². The SMILES string of the molecule is CC(C)C(C)Sc1ccc(C(=O)O)c([N+](=O)[O-])c1. The van der Waals surface area contributed by atoms with Crippen molar-refractivity contribution in [2.45, 2.75) is 30.9 Å². The van der Waals surface area contributed by atoms with E-state index in [1.807, 2.05) is 6.92 Å². The van der Waals surface area contributed by atoms with Crippen LogP contribution >= 0.6 is 11.8 Å². The van der Waals surface area contributed by atoms with Crippen molar-refractivity contribution in [3.8, 4) is 0 Å². The fraction of sp³-hybridized carbons (Fsp3) is 0.417. The van der Waals surface area contributed by atoms with Gasteiger partial charge in [-0.1, -0.05) is 20.8 Å². The molecule has 0 aromatic heterocycles. The number of rotatable bonds is 5. The number of aromatic carboxylic acids is 1. The van der Waals surface area contributed by atoms with Gasteiger partial charge in [0.25, 0.3) is 5.69 Å². The van der Waals surface area contributed by atoms with Crippen molar-refractivity contribution in [3.63, 3.8) is 0 Å². The summed E-state index contributed by atoms with van der Waals surface area (Å²) in [6.45, 7) is 6.17. The van der Waals surface area contributed by atoms with Gasteiger partial charge in [0, 0.05) is 16.2 Å². The highest BCUT2D eigenvalue weighted by molar-refractivity contribution is 8.00. The summed E-state index contributed by atoms with van der Waals surface area (Å²) in [5.41, 5.74) is -0.634. The quantitative estimate of drug-likeness (QED) is 0.503. The maximum Gasteiger partial charge on any atom is 0.342 e. The van der Waals surface area contributed by atoms with Gasteiger partial charge in [0.1, 0.15) is 5.56 Å². The molecular formula is C12H15NO4S. The van der Waals surface area contributed by atoms with Gasteiger partial charge in [-0.25, -0.2) is 4.79 Å². The Morgan fingerprint density at radius 3 is 2.44 bits per heavy atom. The van der Waals surface area contributed by atoms with Gasteiger partial charge in [-0.15, -0.1) is 11.8 Å². The maximum atomic E-state index is 10.9. The number of nitrogens with zero attached hydrogens (tertiary/aromatic N) is 1. The Morgan fingerprint density at radius 2 is 2.00 bits per heavy atom. The summed E-state index contributed by atoms with van der Waals surface area (Å²) in [5.74, 6) is -0.844. The van der Waals surface area contributed by atoms with Crippen LogP contribution < -0.4 is 0 Å². The zero-order valence-corrected chi connectivity index (χ0v) is 11.2. The van der Waals surface area contributed by atoms with E-state index >= 15 is 0 Å². The molecule has 0 aliphatic rings. The second-order valence-corrected chi connectivity index (χ2v) is 5.76. The normalized spacial score (nSPS) is 12.4. The van der Waals surface area contributed by atoms with E-state index in [-0.39, 0.29) is 11.3 Å². The fourth-order valence-electron chi connectivity index (χ4n) is 1.27. The lowest BCUT2D eigenvalue weighted by molar-refractivity contribution is -0.385. The Hall–Kier alpha value is -1.56. The van der Waals surface area contributed by atoms with Gasteiger partial charge < -0.3 is 5.11 Å². The van der Waals surface area contributed by atoms with E-state index in [2.05, 4.69) is 13.8 Å². The minimum absolute atomic E-state index is 0.276. The molecule has 0 heterocycles. The predicted molar refractivity (Wildman–Crippen MR) is 70.2 cm³/mol. The molecule has 5 nitrogen and oxygen atoms in total. The van der Waals surface area contributed by atoms with E-state index in [1.165, 1.54) is 23.9 Å². The number of carboxylic acids is 1. The lowest BCUT2D eigenvalue weighted by atomic mass is 10.1. The van der Waals surface area contributed by atoms with E-state index in [0.717, 1.165) is 0 Å². The highest BCUT2D eigenvalue weighted by Crippen LogP contribution is 2.31.